The maximum absolute atomic E-state index is 11.8. The summed E-state index contributed by atoms with van der Waals surface area (Å²) >= 11 is 3.39. The van der Waals surface area contributed by atoms with Gasteiger partial charge in [0.25, 0.3) is 5.91 Å². The monoisotopic (exact) mass is 268 g/mol. The molecule has 0 bridgehead atoms. The topological polar surface area (TPSA) is 34.0 Å². The van der Waals surface area contributed by atoms with Crippen molar-refractivity contribution in [1.82, 2.24) is 9.88 Å². The molecule has 80 valence electrons. The fourth-order valence-electron chi connectivity index (χ4n) is 1.54. The van der Waals surface area contributed by atoms with Gasteiger partial charge in [0.05, 0.1) is 0 Å². The predicted octanol–water partition coefficient (Wildman–Crippen LogP) is 2.50. The second kappa shape index (κ2) is 4.23. The van der Waals surface area contributed by atoms with Crippen LogP contribution in [-0.4, -0.2) is 17.0 Å². The Morgan fingerprint density at radius 1 is 1.73 bits per heavy atom. The fraction of sp³-hybridized carbons (Fsp3) is 0.364. The molecule has 1 saturated carbocycles. The van der Waals surface area contributed by atoms with Crippen molar-refractivity contribution >= 4 is 21.8 Å². The summed E-state index contributed by atoms with van der Waals surface area (Å²) < 4.78 is 3.00. The van der Waals surface area contributed by atoms with Crippen molar-refractivity contribution in [1.29, 1.82) is 0 Å². The van der Waals surface area contributed by atoms with Gasteiger partial charge >= 0.3 is 0 Å². The summed E-state index contributed by atoms with van der Waals surface area (Å²) in [5, 5.41) is 2.79. The van der Waals surface area contributed by atoms with Crippen molar-refractivity contribution in [3.8, 4) is 0 Å². The maximum atomic E-state index is 11.8. The van der Waals surface area contributed by atoms with E-state index in [0.29, 0.717) is 12.6 Å². The molecule has 0 aliphatic heterocycles. The summed E-state index contributed by atoms with van der Waals surface area (Å²) in [5.41, 5.74) is 0.728. The quantitative estimate of drug-likeness (QED) is 0.837. The molecular formula is C11H13BrN2O. The van der Waals surface area contributed by atoms with Crippen LogP contribution in [-0.2, 0) is 0 Å². The maximum Gasteiger partial charge on any atom is 0.268 e. The van der Waals surface area contributed by atoms with Crippen molar-refractivity contribution in [3.05, 3.63) is 35.1 Å². The highest BCUT2D eigenvalue weighted by atomic mass is 79.9. The van der Waals surface area contributed by atoms with Crippen LogP contribution < -0.4 is 5.32 Å². The Balaban J connectivity index is 2.18. The Morgan fingerprint density at radius 3 is 3.07 bits per heavy atom. The highest BCUT2D eigenvalue weighted by Gasteiger charge is 2.27. The largest absolute Gasteiger partial charge is 0.347 e. The van der Waals surface area contributed by atoms with E-state index in [-0.39, 0.29) is 5.91 Å². The number of amides is 1. The summed E-state index contributed by atoms with van der Waals surface area (Å²) in [6.07, 6.45) is 5.99. The second-order valence-electron chi connectivity index (χ2n) is 3.68. The number of nitrogens with zero attached hydrogens (tertiary/aromatic N) is 1. The number of hydrogen-bond acceptors (Lipinski definition) is 1. The van der Waals surface area contributed by atoms with Crippen LogP contribution in [0.1, 0.15) is 29.4 Å². The Kier molecular flexibility index (Phi) is 2.95. The molecule has 1 amide bonds. The van der Waals surface area contributed by atoms with E-state index in [1.54, 1.807) is 6.08 Å². The van der Waals surface area contributed by atoms with Gasteiger partial charge in [0, 0.05) is 23.3 Å². The van der Waals surface area contributed by atoms with Crippen LogP contribution in [0.2, 0.25) is 0 Å². The normalized spacial score (nSPS) is 15.0. The Bertz CT molecular complexity index is 393. The van der Waals surface area contributed by atoms with E-state index < -0.39 is 0 Å². The number of rotatable bonds is 4. The molecule has 0 spiro atoms. The molecule has 0 aromatic carbocycles. The van der Waals surface area contributed by atoms with Crippen LogP contribution in [0, 0.1) is 0 Å². The van der Waals surface area contributed by atoms with Gasteiger partial charge in [-0.05, 0) is 34.8 Å². The van der Waals surface area contributed by atoms with Crippen molar-refractivity contribution in [3.63, 3.8) is 0 Å². The van der Waals surface area contributed by atoms with Crippen LogP contribution in [0.3, 0.4) is 0 Å². The third-order valence-corrected chi connectivity index (χ3v) is 2.83. The Hall–Kier alpha value is -1.03. The lowest BCUT2D eigenvalue weighted by Crippen LogP contribution is -2.25. The molecule has 1 N–H and O–H groups in total. The first-order chi connectivity index (χ1) is 7.22. The summed E-state index contributed by atoms with van der Waals surface area (Å²) in [6, 6.07) is 2.37. The molecule has 0 radical (unpaired) electrons. The highest BCUT2D eigenvalue weighted by Crippen LogP contribution is 2.37. The number of aromatic nitrogens is 1. The molecule has 2 rings (SSSR count). The number of carbonyl (C=O) groups is 1. The summed E-state index contributed by atoms with van der Waals surface area (Å²) in [7, 11) is 0. The summed E-state index contributed by atoms with van der Waals surface area (Å²) in [6.45, 7) is 4.08. The molecule has 0 unspecified atom stereocenters. The van der Waals surface area contributed by atoms with E-state index in [4.69, 9.17) is 0 Å². The van der Waals surface area contributed by atoms with E-state index in [1.807, 2.05) is 16.8 Å². The number of nitrogens with one attached hydrogen (secondary N) is 1. The van der Waals surface area contributed by atoms with Crippen LogP contribution >= 0.6 is 15.9 Å². The van der Waals surface area contributed by atoms with Gasteiger partial charge < -0.3 is 9.88 Å². The van der Waals surface area contributed by atoms with E-state index in [9.17, 15) is 4.79 Å². The summed E-state index contributed by atoms with van der Waals surface area (Å²) in [5.74, 6) is -0.0347. The zero-order valence-electron chi connectivity index (χ0n) is 8.37. The lowest BCUT2D eigenvalue weighted by molar-refractivity contribution is 0.0948. The van der Waals surface area contributed by atoms with E-state index >= 15 is 0 Å². The standard InChI is InChI=1S/C11H13BrN2O/c1-2-5-13-11(15)10-6-8(12)7-14(10)9-3-4-9/h2,6-7,9H,1,3-5H2,(H,13,15). The molecule has 1 aromatic rings. The molecule has 1 fully saturated rings. The first-order valence-electron chi connectivity index (χ1n) is 4.99. The third kappa shape index (κ3) is 2.31. The fourth-order valence-corrected chi connectivity index (χ4v) is 1.98. The molecule has 0 saturated heterocycles. The van der Waals surface area contributed by atoms with Crippen molar-refractivity contribution in [2.24, 2.45) is 0 Å². The van der Waals surface area contributed by atoms with Crippen molar-refractivity contribution < 1.29 is 4.79 Å². The molecule has 4 heteroatoms. The molecule has 1 aliphatic carbocycles. The highest BCUT2D eigenvalue weighted by molar-refractivity contribution is 9.10. The number of halogens is 1. The summed E-state index contributed by atoms with van der Waals surface area (Å²) in [4.78, 5) is 11.8. The number of carbonyl (C=O) groups excluding carboxylic acids is 1. The minimum Gasteiger partial charge on any atom is -0.347 e. The van der Waals surface area contributed by atoms with Gasteiger partial charge in [-0.3, -0.25) is 4.79 Å². The van der Waals surface area contributed by atoms with Gasteiger partial charge in [0.1, 0.15) is 5.69 Å². The van der Waals surface area contributed by atoms with E-state index in [2.05, 4.69) is 27.8 Å². The molecule has 1 aliphatic rings. The Morgan fingerprint density at radius 2 is 2.47 bits per heavy atom. The van der Waals surface area contributed by atoms with Crippen LogP contribution in [0.15, 0.2) is 29.4 Å². The van der Waals surface area contributed by atoms with Gasteiger partial charge in [-0.25, -0.2) is 0 Å². The Labute approximate surface area is 97.3 Å². The van der Waals surface area contributed by atoms with Gasteiger partial charge in [-0.15, -0.1) is 6.58 Å². The van der Waals surface area contributed by atoms with Crippen LogP contribution in [0.5, 0.6) is 0 Å². The average Bonchev–Trinajstić information content (AvgIpc) is 2.98. The molecule has 1 heterocycles. The molecule has 1 aromatic heterocycles. The molecule has 3 nitrogen and oxygen atoms in total. The van der Waals surface area contributed by atoms with Gasteiger partial charge in [0.2, 0.25) is 0 Å². The minimum absolute atomic E-state index is 0.0347. The van der Waals surface area contributed by atoms with Crippen LogP contribution in [0.25, 0.3) is 0 Å². The first-order valence-corrected chi connectivity index (χ1v) is 5.78. The molecule has 0 atom stereocenters. The van der Waals surface area contributed by atoms with Crippen molar-refractivity contribution in [2.75, 3.05) is 6.54 Å². The lowest BCUT2D eigenvalue weighted by Gasteiger charge is -2.06. The number of hydrogen-bond donors (Lipinski definition) is 1. The molecule has 15 heavy (non-hydrogen) atoms. The first kappa shape index (κ1) is 10.5. The van der Waals surface area contributed by atoms with E-state index in [1.165, 1.54) is 12.8 Å². The smallest absolute Gasteiger partial charge is 0.268 e. The SMILES string of the molecule is C=CCNC(=O)c1cc(Br)cn1C1CC1. The van der Waals surface area contributed by atoms with E-state index in [0.717, 1.165) is 10.2 Å². The zero-order valence-corrected chi connectivity index (χ0v) is 9.96. The van der Waals surface area contributed by atoms with Crippen molar-refractivity contribution in [2.45, 2.75) is 18.9 Å². The second-order valence-corrected chi connectivity index (χ2v) is 4.60. The minimum atomic E-state index is -0.0347. The predicted molar refractivity (Wildman–Crippen MR) is 62.9 cm³/mol. The van der Waals surface area contributed by atoms with Crippen LogP contribution in [0.4, 0.5) is 0 Å². The average molecular weight is 269 g/mol. The lowest BCUT2D eigenvalue weighted by atomic mass is 10.4. The zero-order chi connectivity index (χ0) is 10.8. The van der Waals surface area contributed by atoms with Gasteiger partial charge in [0.15, 0.2) is 0 Å². The molecular weight excluding hydrogens is 256 g/mol. The van der Waals surface area contributed by atoms with Gasteiger partial charge in [-0.1, -0.05) is 6.08 Å². The third-order valence-electron chi connectivity index (χ3n) is 2.40. The van der Waals surface area contributed by atoms with Gasteiger partial charge in [-0.2, -0.15) is 0 Å².